The monoisotopic (exact) mass is 784 g/mol. The summed E-state index contributed by atoms with van der Waals surface area (Å²) in [6, 6.07) is 58.2. The standard InChI is InChI=1S/C56H40N4O/c57-32-33-15-17-36(18-16-33)41-29-46(37-9-3-1-4-10-37)52-45-21-19-40(30-48(45)56(49(52)31-41)42-24-34-23-35(26-42)27-43(56)25-34)55-59-53(38-11-5-2-6-12-38)58-54(60-55)39-20-22-51-47(28-39)44-13-7-8-14-50(44)61-51/h1-22,28-31,34-35,42-43H,23-27H2. The maximum Gasteiger partial charge on any atom is 0.164 e. The van der Waals surface area contributed by atoms with Gasteiger partial charge in [0.15, 0.2) is 17.5 Å². The maximum absolute atomic E-state index is 9.65. The molecule has 2 aromatic heterocycles. The largest absolute Gasteiger partial charge is 0.456 e. The van der Waals surface area contributed by atoms with Crippen molar-refractivity contribution in [2.24, 2.45) is 23.7 Å². The molecule has 5 nitrogen and oxygen atoms in total. The van der Waals surface area contributed by atoms with Gasteiger partial charge in [-0.3, -0.25) is 0 Å². The van der Waals surface area contributed by atoms with E-state index >= 15 is 0 Å². The summed E-state index contributed by atoms with van der Waals surface area (Å²) in [6.07, 6.45) is 6.49. The number of aromatic nitrogens is 3. The second-order valence-corrected chi connectivity index (χ2v) is 17.9. The Hall–Kier alpha value is -7.16. The van der Waals surface area contributed by atoms with Crippen molar-refractivity contribution in [3.8, 4) is 73.6 Å². The number of nitrogens with zero attached hydrogens (tertiary/aromatic N) is 4. The number of nitriles is 1. The smallest absolute Gasteiger partial charge is 0.164 e. The van der Waals surface area contributed by atoms with Gasteiger partial charge in [-0.25, -0.2) is 15.0 Å². The molecule has 4 bridgehead atoms. The van der Waals surface area contributed by atoms with Crippen molar-refractivity contribution < 1.29 is 4.42 Å². The molecule has 0 radical (unpaired) electrons. The third-order valence-corrected chi connectivity index (χ3v) is 14.7. The van der Waals surface area contributed by atoms with Crippen LogP contribution in [0.4, 0.5) is 0 Å². The van der Waals surface area contributed by atoms with E-state index in [2.05, 4.69) is 115 Å². The van der Waals surface area contributed by atoms with E-state index in [9.17, 15) is 5.26 Å². The lowest BCUT2D eigenvalue weighted by atomic mass is 9.43. The number of benzene rings is 7. The average Bonchev–Trinajstić information content (AvgIpc) is 3.83. The predicted molar refractivity (Wildman–Crippen MR) is 242 cm³/mol. The van der Waals surface area contributed by atoms with Crippen LogP contribution in [-0.4, -0.2) is 15.0 Å². The lowest BCUT2D eigenvalue weighted by Gasteiger charge is -2.61. The van der Waals surface area contributed by atoms with Gasteiger partial charge in [-0.15, -0.1) is 0 Å². The zero-order valence-corrected chi connectivity index (χ0v) is 33.6. The molecule has 0 saturated heterocycles. The molecule has 0 atom stereocenters. The Balaban J connectivity index is 1.04. The van der Waals surface area contributed by atoms with Crippen LogP contribution in [0.1, 0.15) is 48.8 Å². The fraction of sp³-hybridized carbons (Fsp3) is 0.179. The van der Waals surface area contributed by atoms with E-state index in [-0.39, 0.29) is 5.41 Å². The molecule has 5 heteroatoms. The van der Waals surface area contributed by atoms with Crippen LogP contribution >= 0.6 is 0 Å². The Kier molecular flexibility index (Phi) is 7.49. The Labute approximate surface area is 354 Å². The van der Waals surface area contributed by atoms with Crippen LogP contribution < -0.4 is 0 Å². The summed E-state index contributed by atoms with van der Waals surface area (Å²) in [6.45, 7) is 0. The van der Waals surface area contributed by atoms with Gasteiger partial charge in [-0.1, -0.05) is 103 Å². The first-order chi connectivity index (χ1) is 30.1. The molecule has 0 aliphatic heterocycles. The molecule has 0 N–H and O–H groups in total. The molecule has 9 aromatic rings. The Morgan fingerprint density at radius 1 is 0.459 bits per heavy atom. The molecule has 5 aliphatic rings. The highest BCUT2D eigenvalue weighted by atomic mass is 16.3. The number of rotatable bonds is 5. The van der Waals surface area contributed by atoms with Crippen LogP contribution in [0, 0.1) is 35.0 Å². The first kappa shape index (κ1) is 34.7. The summed E-state index contributed by atoms with van der Waals surface area (Å²) in [5, 5.41) is 11.8. The molecule has 5 aliphatic carbocycles. The van der Waals surface area contributed by atoms with E-state index in [1.807, 2.05) is 48.5 Å². The highest BCUT2D eigenvalue weighted by Crippen LogP contribution is 2.70. The number of hydrogen-bond acceptors (Lipinski definition) is 5. The quantitative estimate of drug-likeness (QED) is 0.174. The van der Waals surface area contributed by atoms with E-state index in [0.29, 0.717) is 34.9 Å². The normalized spacial score (nSPS) is 21.8. The summed E-state index contributed by atoms with van der Waals surface area (Å²) in [5.41, 5.74) is 15.7. The van der Waals surface area contributed by atoms with Crippen molar-refractivity contribution in [3.05, 3.63) is 174 Å². The molecule has 0 unspecified atom stereocenters. The minimum Gasteiger partial charge on any atom is -0.456 e. The average molecular weight is 785 g/mol. The molecular formula is C56H40N4O. The van der Waals surface area contributed by atoms with Gasteiger partial charge in [-0.05, 0) is 155 Å². The highest BCUT2D eigenvalue weighted by molar-refractivity contribution is 6.06. The molecule has 4 fully saturated rings. The van der Waals surface area contributed by atoms with Crippen LogP contribution in [0.5, 0.6) is 0 Å². The van der Waals surface area contributed by atoms with E-state index in [1.165, 1.54) is 71.0 Å². The molecule has 61 heavy (non-hydrogen) atoms. The third-order valence-electron chi connectivity index (χ3n) is 14.7. The first-order valence-electron chi connectivity index (χ1n) is 21.7. The van der Waals surface area contributed by atoms with Crippen LogP contribution in [0.2, 0.25) is 0 Å². The van der Waals surface area contributed by atoms with Gasteiger partial charge in [0.1, 0.15) is 11.2 Å². The Morgan fingerprint density at radius 3 is 1.74 bits per heavy atom. The summed E-state index contributed by atoms with van der Waals surface area (Å²) in [7, 11) is 0. The van der Waals surface area contributed by atoms with Crippen LogP contribution in [0.3, 0.4) is 0 Å². The topological polar surface area (TPSA) is 75.6 Å². The van der Waals surface area contributed by atoms with Gasteiger partial charge in [0, 0.05) is 32.9 Å². The van der Waals surface area contributed by atoms with Gasteiger partial charge in [0.25, 0.3) is 0 Å². The summed E-state index contributed by atoms with van der Waals surface area (Å²) >= 11 is 0. The second kappa shape index (κ2) is 13.2. The van der Waals surface area contributed by atoms with Crippen molar-refractivity contribution in [3.63, 3.8) is 0 Å². The molecule has 290 valence electrons. The third kappa shape index (κ3) is 5.21. The Morgan fingerprint density at radius 2 is 1.03 bits per heavy atom. The molecule has 14 rings (SSSR count). The number of hydrogen-bond donors (Lipinski definition) is 0. The number of fused-ring (bicyclic) bond motifs is 6. The second-order valence-electron chi connectivity index (χ2n) is 17.9. The van der Waals surface area contributed by atoms with Crippen LogP contribution in [-0.2, 0) is 5.41 Å². The van der Waals surface area contributed by atoms with Gasteiger partial charge in [0.05, 0.1) is 11.6 Å². The van der Waals surface area contributed by atoms with Crippen LogP contribution in [0.15, 0.2) is 162 Å². The predicted octanol–water partition coefficient (Wildman–Crippen LogP) is 13.7. The Bertz CT molecular complexity index is 3240. The minimum atomic E-state index is -0.119. The van der Waals surface area contributed by atoms with E-state index in [1.54, 1.807) is 0 Å². The molecule has 0 amide bonds. The SMILES string of the molecule is N#Cc1ccc(-c2cc(-c3ccccc3)c3c(c2)C2(c4cc(-c5nc(-c6ccccc6)nc(-c6ccc7oc8ccccc8c7c6)n5)ccc4-3)C3CC4CC(C3)CC2C4)cc1. The fourth-order valence-electron chi connectivity index (χ4n) is 12.4. The molecule has 4 saturated carbocycles. The summed E-state index contributed by atoms with van der Waals surface area (Å²) in [5.74, 6) is 4.71. The van der Waals surface area contributed by atoms with Crippen molar-refractivity contribution in [2.75, 3.05) is 0 Å². The van der Waals surface area contributed by atoms with Crippen LogP contribution in [0.25, 0.3) is 89.5 Å². The van der Waals surface area contributed by atoms with Gasteiger partial charge in [-0.2, -0.15) is 5.26 Å². The maximum atomic E-state index is 9.65. The van der Waals surface area contributed by atoms with Crippen molar-refractivity contribution in [1.29, 1.82) is 5.26 Å². The van der Waals surface area contributed by atoms with Crippen molar-refractivity contribution in [2.45, 2.75) is 37.5 Å². The molecule has 1 spiro atoms. The highest BCUT2D eigenvalue weighted by Gasteiger charge is 2.62. The molecule has 2 heterocycles. The summed E-state index contributed by atoms with van der Waals surface area (Å²) in [4.78, 5) is 15.7. The minimum absolute atomic E-state index is 0.119. The molecule has 7 aromatic carbocycles. The van der Waals surface area contributed by atoms with E-state index in [4.69, 9.17) is 19.4 Å². The molecular weight excluding hydrogens is 745 g/mol. The van der Waals surface area contributed by atoms with Crippen molar-refractivity contribution >= 4 is 21.9 Å². The first-order valence-corrected chi connectivity index (χ1v) is 21.7. The summed E-state index contributed by atoms with van der Waals surface area (Å²) < 4.78 is 6.21. The van der Waals surface area contributed by atoms with E-state index < -0.39 is 0 Å². The van der Waals surface area contributed by atoms with Gasteiger partial charge in [0.2, 0.25) is 0 Å². The zero-order chi connectivity index (χ0) is 40.2. The zero-order valence-electron chi connectivity index (χ0n) is 33.6. The number of furan rings is 1. The number of para-hydroxylation sites is 1. The lowest BCUT2D eigenvalue weighted by molar-refractivity contribution is -0.0399. The van der Waals surface area contributed by atoms with Gasteiger partial charge < -0.3 is 4.42 Å². The lowest BCUT2D eigenvalue weighted by Crippen LogP contribution is -2.55. The fourth-order valence-corrected chi connectivity index (χ4v) is 12.4. The van der Waals surface area contributed by atoms with E-state index in [0.717, 1.165) is 56.0 Å². The van der Waals surface area contributed by atoms with Crippen molar-refractivity contribution in [1.82, 2.24) is 15.0 Å². The van der Waals surface area contributed by atoms with Gasteiger partial charge >= 0.3 is 0 Å².